The van der Waals surface area contributed by atoms with E-state index in [1.54, 1.807) is 58.0 Å². The average Bonchev–Trinajstić information content (AvgIpc) is 2.99. The summed E-state index contributed by atoms with van der Waals surface area (Å²) in [7, 11) is 4.94. The smallest absolute Gasteiger partial charge is 0.412 e. The maximum absolute atomic E-state index is 12.6. The van der Waals surface area contributed by atoms with Gasteiger partial charge in [-0.1, -0.05) is 0 Å². The number of methoxy groups -OCH3 is 1. The van der Waals surface area contributed by atoms with Crippen molar-refractivity contribution in [2.45, 2.75) is 26.4 Å². The molecule has 2 N–H and O–H groups in total. The van der Waals surface area contributed by atoms with E-state index >= 15 is 0 Å². The summed E-state index contributed by atoms with van der Waals surface area (Å²) < 4.78 is 10.6. The maximum atomic E-state index is 12.6. The molecule has 2 aromatic rings. The van der Waals surface area contributed by atoms with Crippen molar-refractivity contribution >= 4 is 28.5 Å². The number of anilines is 1. The molecule has 1 heterocycles. The fraction of sp³-hybridized carbons (Fsp3) is 0.350. The van der Waals surface area contributed by atoms with Crippen LogP contribution in [0.1, 0.15) is 31.3 Å². The summed E-state index contributed by atoms with van der Waals surface area (Å²) >= 11 is 0. The maximum Gasteiger partial charge on any atom is 0.412 e. The molecule has 0 spiro atoms. The van der Waals surface area contributed by atoms with E-state index in [0.717, 1.165) is 0 Å². The number of fused-ring (bicyclic) bond motifs is 1. The molecule has 0 aliphatic carbocycles. The van der Waals surface area contributed by atoms with Crippen LogP contribution in [0.15, 0.2) is 30.0 Å². The standard InChI is InChI=1S/C20H24N4O4/c1-20(2,3)28-19(26)23-15-9-14-12(8-17(15)27-6)7-16(22-14)18(25)13(10-21)11-24(4)5/h7-9,11,22H,1-6H3,(H,23,26)/b13-11+. The number of ether oxygens (including phenoxy) is 2. The minimum Gasteiger partial charge on any atom is -0.495 e. The number of ketones is 1. The number of carbonyl (C=O) groups excluding carboxylic acids is 2. The third kappa shape index (κ3) is 5.04. The van der Waals surface area contributed by atoms with Crippen LogP contribution in [0, 0.1) is 11.3 Å². The van der Waals surface area contributed by atoms with E-state index in [1.807, 2.05) is 6.07 Å². The summed E-state index contributed by atoms with van der Waals surface area (Å²) in [6.07, 6.45) is 0.845. The number of aromatic amines is 1. The number of hydrogen-bond acceptors (Lipinski definition) is 6. The van der Waals surface area contributed by atoms with Crippen LogP contribution in [0.2, 0.25) is 0 Å². The van der Waals surface area contributed by atoms with Crippen molar-refractivity contribution < 1.29 is 19.1 Å². The largest absolute Gasteiger partial charge is 0.495 e. The fourth-order valence-electron chi connectivity index (χ4n) is 2.50. The Bertz CT molecular complexity index is 974. The van der Waals surface area contributed by atoms with Crippen LogP contribution in [-0.2, 0) is 4.74 Å². The van der Waals surface area contributed by atoms with Crippen LogP contribution in [0.3, 0.4) is 0 Å². The van der Waals surface area contributed by atoms with Crippen LogP contribution in [0.5, 0.6) is 5.75 Å². The van der Waals surface area contributed by atoms with Gasteiger partial charge >= 0.3 is 6.09 Å². The molecule has 0 aliphatic rings. The molecule has 8 nitrogen and oxygen atoms in total. The number of H-pyrrole nitrogens is 1. The monoisotopic (exact) mass is 384 g/mol. The second-order valence-electron chi connectivity index (χ2n) is 7.40. The Morgan fingerprint density at radius 1 is 1.25 bits per heavy atom. The average molecular weight is 384 g/mol. The van der Waals surface area contributed by atoms with Crippen molar-refractivity contribution in [1.82, 2.24) is 9.88 Å². The zero-order valence-electron chi connectivity index (χ0n) is 16.8. The number of nitriles is 1. The molecule has 0 aliphatic heterocycles. The Morgan fingerprint density at radius 2 is 1.93 bits per heavy atom. The molecule has 0 radical (unpaired) electrons. The molecule has 1 aromatic heterocycles. The Balaban J connectivity index is 2.40. The minimum atomic E-state index is -0.639. The van der Waals surface area contributed by atoms with E-state index in [1.165, 1.54) is 13.3 Å². The number of nitrogens with one attached hydrogen (secondary N) is 2. The minimum absolute atomic E-state index is 0.00984. The van der Waals surface area contributed by atoms with Crippen LogP contribution >= 0.6 is 0 Å². The highest BCUT2D eigenvalue weighted by Crippen LogP contribution is 2.31. The van der Waals surface area contributed by atoms with Crippen LogP contribution in [0.25, 0.3) is 10.9 Å². The normalized spacial score (nSPS) is 11.7. The van der Waals surface area contributed by atoms with Gasteiger partial charge in [0, 0.05) is 31.2 Å². The Labute approximate surface area is 163 Å². The van der Waals surface area contributed by atoms with Crippen LogP contribution in [-0.4, -0.2) is 48.6 Å². The number of allylic oxidation sites excluding steroid dienone is 1. The zero-order chi connectivity index (χ0) is 21.1. The lowest BCUT2D eigenvalue weighted by Crippen LogP contribution is -2.27. The van der Waals surface area contributed by atoms with Gasteiger partial charge in [-0.2, -0.15) is 5.26 Å². The molecule has 0 atom stereocenters. The Morgan fingerprint density at radius 3 is 2.46 bits per heavy atom. The van der Waals surface area contributed by atoms with Gasteiger partial charge in [-0.3, -0.25) is 10.1 Å². The first kappa shape index (κ1) is 20.8. The van der Waals surface area contributed by atoms with Crippen LogP contribution < -0.4 is 10.1 Å². The van der Waals surface area contributed by atoms with Gasteiger partial charge in [0.2, 0.25) is 5.78 Å². The number of rotatable bonds is 5. The van der Waals surface area contributed by atoms with Crippen molar-refractivity contribution in [3.63, 3.8) is 0 Å². The number of carbonyl (C=O) groups is 2. The second kappa shape index (κ2) is 8.05. The summed E-state index contributed by atoms with van der Waals surface area (Å²) in [4.78, 5) is 29.3. The van der Waals surface area contributed by atoms with E-state index in [9.17, 15) is 14.9 Å². The summed E-state index contributed by atoms with van der Waals surface area (Å²) in [5.41, 5.74) is 0.642. The number of amides is 1. The highest BCUT2D eigenvalue weighted by atomic mass is 16.6. The first-order valence-corrected chi connectivity index (χ1v) is 8.58. The molecule has 1 aromatic carbocycles. The third-order valence-electron chi connectivity index (χ3n) is 3.57. The molecule has 1 amide bonds. The van der Waals surface area contributed by atoms with E-state index < -0.39 is 17.5 Å². The highest BCUT2D eigenvalue weighted by Gasteiger charge is 2.20. The zero-order valence-corrected chi connectivity index (χ0v) is 16.8. The molecule has 0 fully saturated rings. The molecule has 0 bridgehead atoms. The first-order valence-electron chi connectivity index (χ1n) is 8.58. The molecular formula is C20H24N4O4. The molecule has 0 unspecified atom stereocenters. The van der Waals surface area contributed by atoms with Gasteiger partial charge in [-0.25, -0.2) is 4.79 Å². The first-order chi connectivity index (χ1) is 13.0. The predicted molar refractivity (Wildman–Crippen MR) is 106 cm³/mol. The van der Waals surface area contributed by atoms with Gasteiger partial charge in [0.05, 0.1) is 18.5 Å². The number of nitrogens with zero attached hydrogens (tertiary/aromatic N) is 2. The number of aromatic nitrogens is 1. The van der Waals surface area contributed by atoms with Gasteiger partial charge in [-0.05, 0) is 39.0 Å². The van der Waals surface area contributed by atoms with E-state index in [-0.39, 0.29) is 11.3 Å². The van der Waals surface area contributed by atoms with Crippen molar-refractivity contribution in [3.8, 4) is 11.8 Å². The van der Waals surface area contributed by atoms with E-state index in [4.69, 9.17) is 9.47 Å². The fourth-order valence-corrected chi connectivity index (χ4v) is 2.50. The lowest BCUT2D eigenvalue weighted by Gasteiger charge is -2.20. The van der Waals surface area contributed by atoms with Crippen molar-refractivity contribution in [2.24, 2.45) is 0 Å². The van der Waals surface area contributed by atoms with Crippen molar-refractivity contribution in [1.29, 1.82) is 5.26 Å². The molecule has 148 valence electrons. The SMILES string of the molecule is COc1cc2cc(C(=O)/C(C#N)=C/N(C)C)[nH]c2cc1NC(=O)OC(C)(C)C. The van der Waals surface area contributed by atoms with Crippen LogP contribution in [0.4, 0.5) is 10.5 Å². The molecule has 0 saturated carbocycles. The molecule has 0 saturated heterocycles. The summed E-state index contributed by atoms with van der Waals surface area (Å²) in [5, 5.41) is 12.6. The predicted octanol–water partition coefficient (Wildman–Crippen LogP) is 3.68. The molecule has 8 heteroatoms. The summed E-state index contributed by atoms with van der Waals surface area (Å²) in [6.45, 7) is 5.30. The molecule has 2 rings (SSSR count). The number of hydrogen-bond donors (Lipinski definition) is 2. The third-order valence-corrected chi connectivity index (χ3v) is 3.57. The summed E-state index contributed by atoms with van der Waals surface area (Å²) in [6, 6.07) is 6.89. The number of Topliss-reactive ketones (excluding diaryl/α,β-unsaturated/α-hetero) is 1. The lowest BCUT2D eigenvalue weighted by atomic mass is 10.1. The topological polar surface area (TPSA) is 107 Å². The molecular weight excluding hydrogens is 360 g/mol. The Kier molecular flexibility index (Phi) is 5.99. The quantitative estimate of drug-likeness (QED) is 0.463. The van der Waals surface area contributed by atoms with Gasteiger partial charge in [-0.15, -0.1) is 0 Å². The van der Waals surface area contributed by atoms with Gasteiger partial charge in [0.15, 0.2) is 0 Å². The highest BCUT2D eigenvalue weighted by molar-refractivity contribution is 6.12. The van der Waals surface area contributed by atoms with E-state index in [0.29, 0.717) is 22.3 Å². The van der Waals surface area contributed by atoms with Gasteiger partial charge in [0.25, 0.3) is 0 Å². The Hall–Kier alpha value is -3.47. The second-order valence-corrected chi connectivity index (χ2v) is 7.40. The van der Waals surface area contributed by atoms with Gasteiger partial charge in [0.1, 0.15) is 23.0 Å². The summed E-state index contributed by atoms with van der Waals surface area (Å²) in [5.74, 6) is -0.00582. The van der Waals surface area contributed by atoms with Crippen molar-refractivity contribution in [2.75, 3.05) is 26.5 Å². The molecule has 28 heavy (non-hydrogen) atoms. The van der Waals surface area contributed by atoms with Crippen molar-refractivity contribution in [3.05, 3.63) is 35.7 Å². The van der Waals surface area contributed by atoms with Gasteiger partial charge < -0.3 is 19.4 Å². The lowest BCUT2D eigenvalue weighted by molar-refractivity contribution is 0.0635. The number of benzene rings is 1. The van der Waals surface area contributed by atoms with E-state index in [2.05, 4.69) is 10.3 Å².